The minimum Gasteiger partial charge on any atom is -0.385 e. The van der Waals surface area contributed by atoms with Crippen molar-refractivity contribution in [3.8, 4) is 0 Å². The fourth-order valence-corrected chi connectivity index (χ4v) is 4.53. The Morgan fingerprint density at radius 2 is 1.90 bits per heavy atom. The summed E-state index contributed by atoms with van der Waals surface area (Å²) in [7, 11) is 1.61. The van der Waals surface area contributed by atoms with Crippen molar-refractivity contribution in [2.45, 2.75) is 18.1 Å². The number of carbonyl (C=O) groups excluding carboxylic acids is 1. The zero-order chi connectivity index (χ0) is 21.7. The molecule has 0 fully saturated rings. The monoisotopic (exact) mass is 485 g/mol. The smallest absolute Gasteiger partial charge is 0.262 e. The van der Waals surface area contributed by atoms with E-state index in [1.165, 1.54) is 12.1 Å². The van der Waals surface area contributed by atoms with Crippen molar-refractivity contribution in [1.29, 1.82) is 0 Å². The molecule has 3 aromatic rings. The van der Waals surface area contributed by atoms with Crippen LogP contribution in [-0.2, 0) is 16.1 Å². The molecule has 1 amide bonds. The highest BCUT2D eigenvalue weighted by atomic mass is 35.5. The summed E-state index contributed by atoms with van der Waals surface area (Å²) in [4.78, 5) is 30.0. The number of amides is 1. The first-order valence-corrected chi connectivity index (χ1v) is 11.1. The van der Waals surface area contributed by atoms with Gasteiger partial charge in [-0.15, -0.1) is 0 Å². The molecule has 0 spiro atoms. The van der Waals surface area contributed by atoms with E-state index in [1.807, 2.05) is 6.07 Å². The molecule has 0 bridgehead atoms. The van der Waals surface area contributed by atoms with Crippen LogP contribution in [0.25, 0.3) is 10.9 Å². The van der Waals surface area contributed by atoms with Crippen molar-refractivity contribution in [2.24, 2.45) is 0 Å². The van der Waals surface area contributed by atoms with Gasteiger partial charge in [0.15, 0.2) is 5.16 Å². The van der Waals surface area contributed by atoms with Gasteiger partial charge < -0.3 is 10.1 Å². The molecule has 0 aliphatic rings. The Balaban J connectivity index is 1.81. The first-order valence-electron chi connectivity index (χ1n) is 8.96. The maximum absolute atomic E-state index is 12.9. The van der Waals surface area contributed by atoms with Gasteiger partial charge in [0.1, 0.15) is 0 Å². The van der Waals surface area contributed by atoms with E-state index in [0.29, 0.717) is 40.7 Å². The molecule has 158 valence electrons. The van der Waals surface area contributed by atoms with E-state index < -0.39 is 0 Å². The van der Waals surface area contributed by atoms with Crippen LogP contribution >= 0.6 is 46.6 Å². The predicted octanol–water partition coefficient (Wildman–Crippen LogP) is 5.12. The van der Waals surface area contributed by atoms with E-state index in [4.69, 9.17) is 39.5 Å². The number of hydrogen-bond donors (Lipinski definition) is 1. The Morgan fingerprint density at radius 1 is 1.20 bits per heavy atom. The number of nitrogens with zero attached hydrogens (tertiary/aromatic N) is 2. The number of aromatic nitrogens is 2. The van der Waals surface area contributed by atoms with Gasteiger partial charge in [0, 0.05) is 25.3 Å². The van der Waals surface area contributed by atoms with Crippen LogP contribution in [-0.4, -0.2) is 34.9 Å². The largest absolute Gasteiger partial charge is 0.385 e. The number of fused-ring (bicyclic) bond motifs is 1. The van der Waals surface area contributed by atoms with Crippen molar-refractivity contribution in [1.82, 2.24) is 9.55 Å². The molecule has 30 heavy (non-hydrogen) atoms. The van der Waals surface area contributed by atoms with Crippen molar-refractivity contribution >= 4 is 69.1 Å². The van der Waals surface area contributed by atoms with E-state index in [0.717, 1.165) is 11.8 Å². The molecule has 2 aromatic carbocycles. The van der Waals surface area contributed by atoms with Crippen molar-refractivity contribution in [3.05, 3.63) is 61.8 Å². The number of nitrogens with one attached hydrogen (secondary N) is 1. The van der Waals surface area contributed by atoms with E-state index >= 15 is 0 Å². The summed E-state index contributed by atoms with van der Waals surface area (Å²) in [6.45, 7) is 0.945. The number of thioether (sulfide) groups is 1. The Kier molecular flexibility index (Phi) is 8.02. The topological polar surface area (TPSA) is 73.2 Å². The van der Waals surface area contributed by atoms with E-state index in [9.17, 15) is 9.59 Å². The van der Waals surface area contributed by atoms with Crippen LogP contribution in [0.1, 0.15) is 6.42 Å². The minimum atomic E-state index is -0.336. The van der Waals surface area contributed by atoms with Crippen LogP contribution in [0.2, 0.25) is 15.1 Å². The molecular weight excluding hydrogens is 469 g/mol. The summed E-state index contributed by atoms with van der Waals surface area (Å²) in [5.74, 6) is -0.318. The molecule has 1 heterocycles. The van der Waals surface area contributed by atoms with Crippen molar-refractivity contribution in [2.75, 3.05) is 24.8 Å². The molecule has 10 heteroatoms. The fourth-order valence-electron chi connectivity index (χ4n) is 2.79. The van der Waals surface area contributed by atoms with Gasteiger partial charge in [0.2, 0.25) is 5.91 Å². The zero-order valence-electron chi connectivity index (χ0n) is 16.0. The molecule has 0 aliphatic carbocycles. The molecule has 0 atom stereocenters. The van der Waals surface area contributed by atoms with Gasteiger partial charge in [0.25, 0.3) is 5.56 Å². The van der Waals surface area contributed by atoms with Crippen LogP contribution in [0.4, 0.5) is 5.69 Å². The molecule has 0 radical (unpaired) electrons. The summed E-state index contributed by atoms with van der Waals surface area (Å²) in [6, 6.07) is 10.1. The Labute approximate surface area is 192 Å². The summed E-state index contributed by atoms with van der Waals surface area (Å²) in [6.07, 6.45) is 0.645. The number of ether oxygens (including phenoxy) is 1. The third-order valence-corrected chi connectivity index (χ3v) is 5.95. The second-order valence-electron chi connectivity index (χ2n) is 6.30. The molecule has 0 aliphatic heterocycles. The summed E-state index contributed by atoms with van der Waals surface area (Å²) in [5, 5.41) is 4.53. The van der Waals surface area contributed by atoms with Crippen LogP contribution in [0.5, 0.6) is 0 Å². The van der Waals surface area contributed by atoms with Crippen LogP contribution in [0.15, 0.2) is 46.3 Å². The number of hydrogen-bond acceptors (Lipinski definition) is 5. The van der Waals surface area contributed by atoms with E-state index in [2.05, 4.69) is 10.3 Å². The second kappa shape index (κ2) is 10.5. The number of methoxy groups -OCH3 is 1. The number of anilines is 1. The molecule has 6 nitrogen and oxygen atoms in total. The maximum atomic E-state index is 12.9. The molecule has 0 saturated heterocycles. The number of rotatable bonds is 8. The highest BCUT2D eigenvalue weighted by molar-refractivity contribution is 7.99. The van der Waals surface area contributed by atoms with Crippen LogP contribution in [0.3, 0.4) is 0 Å². The lowest BCUT2D eigenvalue weighted by Crippen LogP contribution is -2.25. The summed E-state index contributed by atoms with van der Waals surface area (Å²) < 4.78 is 6.66. The number of benzene rings is 2. The Morgan fingerprint density at radius 3 is 2.60 bits per heavy atom. The molecule has 0 unspecified atom stereocenters. The van der Waals surface area contributed by atoms with E-state index in [-0.39, 0.29) is 33.0 Å². The highest BCUT2D eigenvalue weighted by Crippen LogP contribution is 2.33. The van der Waals surface area contributed by atoms with Crippen LogP contribution < -0.4 is 10.9 Å². The van der Waals surface area contributed by atoms with Gasteiger partial charge >= 0.3 is 0 Å². The first kappa shape index (κ1) is 22.9. The highest BCUT2D eigenvalue weighted by Gasteiger charge is 2.15. The summed E-state index contributed by atoms with van der Waals surface area (Å²) in [5.41, 5.74) is 0.720. The van der Waals surface area contributed by atoms with Crippen LogP contribution in [0, 0.1) is 0 Å². The molecule has 3 rings (SSSR count). The van der Waals surface area contributed by atoms with Crippen molar-refractivity contribution in [3.63, 3.8) is 0 Å². The van der Waals surface area contributed by atoms with Gasteiger partial charge in [-0.25, -0.2) is 4.98 Å². The minimum absolute atomic E-state index is 0.0182. The Hall–Kier alpha value is -1.77. The molecular formula is C20H18Cl3N3O3S. The zero-order valence-corrected chi connectivity index (χ0v) is 19.0. The Bertz CT molecular complexity index is 1110. The summed E-state index contributed by atoms with van der Waals surface area (Å²) >= 11 is 19.3. The van der Waals surface area contributed by atoms with Gasteiger partial charge in [0.05, 0.1) is 32.4 Å². The fraction of sp³-hybridized carbons (Fsp3) is 0.250. The van der Waals surface area contributed by atoms with Gasteiger partial charge in [-0.3, -0.25) is 14.2 Å². The number of para-hydroxylation sites is 1. The lowest BCUT2D eigenvalue weighted by molar-refractivity contribution is -0.113. The molecule has 1 aromatic heterocycles. The normalized spacial score (nSPS) is 11.1. The standard InChI is InChI=1S/C20H18Cl3N3O3S/c1-29-8-4-7-26-19(28)13-5-2-3-6-16(13)24-20(26)30-11-17(27)25-18-14(22)9-12(21)10-15(18)23/h2-3,5-6,9-10H,4,7-8,11H2,1H3,(H,25,27). The maximum Gasteiger partial charge on any atom is 0.262 e. The average molecular weight is 487 g/mol. The first-order chi connectivity index (χ1) is 14.4. The lowest BCUT2D eigenvalue weighted by Gasteiger charge is -2.13. The number of carbonyl (C=O) groups is 1. The number of halogens is 3. The van der Waals surface area contributed by atoms with Gasteiger partial charge in [-0.1, -0.05) is 58.7 Å². The van der Waals surface area contributed by atoms with Gasteiger partial charge in [-0.05, 0) is 30.7 Å². The van der Waals surface area contributed by atoms with Crippen molar-refractivity contribution < 1.29 is 9.53 Å². The van der Waals surface area contributed by atoms with E-state index in [1.54, 1.807) is 29.9 Å². The predicted molar refractivity (Wildman–Crippen MR) is 123 cm³/mol. The third-order valence-electron chi connectivity index (χ3n) is 4.16. The third kappa shape index (κ3) is 5.47. The SMILES string of the molecule is COCCCn1c(SCC(=O)Nc2c(Cl)cc(Cl)cc2Cl)nc2ccccc2c1=O. The molecule has 0 saturated carbocycles. The lowest BCUT2D eigenvalue weighted by atomic mass is 10.2. The quantitative estimate of drug-likeness (QED) is 0.272. The average Bonchev–Trinajstić information content (AvgIpc) is 2.71. The second-order valence-corrected chi connectivity index (χ2v) is 8.49. The molecule has 1 N–H and O–H groups in total. The van der Waals surface area contributed by atoms with Gasteiger partial charge in [-0.2, -0.15) is 0 Å².